The van der Waals surface area contributed by atoms with Crippen LogP contribution in [0.1, 0.15) is 42.0 Å². The lowest BCUT2D eigenvalue weighted by Gasteiger charge is -2.16. The van der Waals surface area contributed by atoms with Gasteiger partial charge in [0.25, 0.3) is 5.91 Å². The first-order valence-corrected chi connectivity index (χ1v) is 8.26. The molecule has 1 aromatic heterocycles. The SMILES string of the molecule is COc1ccc(-c2noc([C@H](C)O)c2C(=O)N2CCCC2)cc1OC. The number of hydrogen-bond acceptors (Lipinski definition) is 6. The third-order valence-corrected chi connectivity index (χ3v) is 4.36. The molecule has 1 aliphatic heterocycles. The van der Waals surface area contributed by atoms with Crippen LogP contribution in [0, 0.1) is 0 Å². The molecule has 3 rings (SSSR count). The van der Waals surface area contributed by atoms with E-state index in [9.17, 15) is 9.90 Å². The number of aliphatic hydroxyl groups is 1. The number of benzene rings is 1. The molecule has 0 radical (unpaired) electrons. The monoisotopic (exact) mass is 346 g/mol. The molecule has 0 saturated carbocycles. The van der Waals surface area contributed by atoms with Crippen molar-refractivity contribution in [3.63, 3.8) is 0 Å². The third-order valence-electron chi connectivity index (χ3n) is 4.36. The van der Waals surface area contributed by atoms with Crippen molar-refractivity contribution in [1.29, 1.82) is 0 Å². The lowest BCUT2D eigenvalue weighted by molar-refractivity contribution is 0.0781. The zero-order valence-corrected chi connectivity index (χ0v) is 14.6. The summed E-state index contributed by atoms with van der Waals surface area (Å²) in [4.78, 5) is 14.7. The zero-order chi connectivity index (χ0) is 18.0. The molecule has 1 aromatic carbocycles. The van der Waals surface area contributed by atoms with Crippen LogP contribution in [0.2, 0.25) is 0 Å². The van der Waals surface area contributed by atoms with Crippen molar-refractivity contribution in [3.05, 3.63) is 29.5 Å². The highest BCUT2D eigenvalue weighted by Crippen LogP contribution is 2.36. The minimum atomic E-state index is -0.928. The molecule has 0 aliphatic carbocycles. The van der Waals surface area contributed by atoms with Gasteiger partial charge in [-0.05, 0) is 38.0 Å². The minimum Gasteiger partial charge on any atom is -0.493 e. The first kappa shape index (κ1) is 17.3. The summed E-state index contributed by atoms with van der Waals surface area (Å²) in [5.41, 5.74) is 1.37. The molecular weight excluding hydrogens is 324 g/mol. The first-order valence-electron chi connectivity index (χ1n) is 8.26. The van der Waals surface area contributed by atoms with Crippen LogP contribution in [0.15, 0.2) is 22.7 Å². The third kappa shape index (κ3) is 3.19. The summed E-state index contributed by atoms with van der Waals surface area (Å²) in [5, 5.41) is 14.0. The van der Waals surface area contributed by atoms with Gasteiger partial charge in [0.15, 0.2) is 17.3 Å². The number of ether oxygens (including phenoxy) is 2. The summed E-state index contributed by atoms with van der Waals surface area (Å²) in [5.74, 6) is 1.13. The molecular formula is C18H22N2O5. The summed E-state index contributed by atoms with van der Waals surface area (Å²) in [6.45, 7) is 2.96. The smallest absolute Gasteiger partial charge is 0.259 e. The fraction of sp³-hybridized carbons (Fsp3) is 0.444. The van der Waals surface area contributed by atoms with E-state index in [4.69, 9.17) is 14.0 Å². The van der Waals surface area contributed by atoms with Crippen molar-refractivity contribution in [2.24, 2.45) is 0 Å². The molecule has 7 nitrogen and oxygen atoms in total. The van der Waals surface area contributed by atoms with Crippen LogP contribution < -0.4 is 9.47 Å². The summed E-state index contributed by atoms with van der Waals surface area (Å²) < 4.78 is 15.9. The summed E-state index contributed by atoms with van der Waals surface area (Å²) >= 11 is 0. The number of aromatic nitrogens is 1. The van der Waals surface area contributed by atoms with Gasteiger partial charge < -0.3 is 24.0 Å². The zero-order valence-electron chi connectivity index (χ0n) is 14.6. The molecule has 1 saturated heterocycles. The lowest BCUT2D eigenvalue weighted by Crippen LogP contribution is -2.28. The summed E-state index contributed by atoms with van der Waals surface area (Å²) in [6.07, 6.45) is 1.03. The van der Waals surface area contributed by atoms with Crippen LogP contribution in [0.4, 0.5) is 0 Å². The van der Waals surface area contributed by atoms with E-state index in [1.165, 1.54) is 0 Å². The highest BCUT2D eigenvalue weighted by atomic mass is 16.5. The van der Waals surface area contributed by atoms with Crippen LogP contribution in [0.3, 0.4) is 0 Å². The number of rotatable bonds is 5. The van der Waals surface area contributed by atoms with E-state index in [-0.39, 0.29) is 11.7 Å². The van der Waals surface area contributed by atoms with E-state index in [1.54, 1.807) is 44.2 Å². The quantitative estimate of drug-likeness (QED) is 0.896. The average molecular weight is 346 g/mol. The van der Waals surface area contributed by atoms with Crippen LogP contribution in [0.5, 0.6) is 11.5 Å². The molecule has 0 unspecified atom stereocenters. The maximum atomic E-state index is 13.0. The molecule has 1 atom stereocenters. The van der Waals surface area contributed by atoms with E-state index < -0.39 is 6.10 Å². The summed E-state index contributed by atoms with van der Waals surface area (Å²) in [7, 11) is 3.10. The van der Waals surface area contributed by atoms with E-state index in [1.807, 2.05) is 0 Å². The molecule has 1 fully saturated rings. The van der Waals surface area contributed by atoms with Gasteiger partial charge in [0.2, 0.25) is 0 Å². The fourth-order valence-electron chi connectivity index (χ4n) is 3.05. The van der Waals surface area contributed by atoms with Crippen molar-refractivity contribution in [2.45, 2.75) is 25.9 Å². The van der Waals surface area contributed by atoms with Crippen molar-refractivity contribution in [3.8, 4) is 22.8 Å². The normalized spacial score (nSPS) is 15.3. The predicted molar refractivity (Wildman–Crippen MR) is 90.8 cm³/mol. The highest BCUT2D eigenvalue weighted by molar-refractivity contribution is 6.01. The van der Waals surface area contributed by atoms with Crippen LogP contribution in [-0.2, 0) is 0 Å². The number of hydrogen-bond donors (Lipinski definition) is 1. The van der Waals surface area contributed by atoms with Gasteiger partial charge in [-0.3, -0.25) is 4.79 Å². The predicted octanol–water partition coefficient (Wildman–Crippen LogP) is 2.65. The maximum Gasteiger partial charge on any atom is 0.259 e. The van der Waals surface area contributed by atoms with Gasteiger partial charge in [0, 0.05) is 18.7 Å². The van der Waals surface area contributed by atoms with Gasteiger partial charge in [-0.2, -0.15) is 0 Å². The largest absolute Gasteiger partial charge is 0.493 e. The minimum absolute atomic E-state index is 0.167. The Morgan fingerprint density at radius 3 is 2.52 bits per heavy atom. The Balaban J connectivity index is 2.09. The number of carbonyl (C=O) groups is 1. The Labute approximate surface area is 146 Å². The molecule has 7 heteroatoms. The van der Waals surface area contributed by atoms with E-state index in [0.29, 0.717) is 41.4 Å². The molecule has 2 heterocycles. The van der Waals surface area contributed by atoms with E-state index >= 15 is 0 Å². The number of carbonyl (C=O) groups excluding carboxylic acids is 1. The molecule has 1 aliphatic rings. The van der Waals surface area contributed by atoms with Crippen LogP contribution in [-0.4, -0.2) is 48.4 Å². The molecule has 0 spiro atoms. The Morgan fingerprint density at radius 1 is 1.24 bits per heavy atom. The molecule has 1 N–H and O–H groups in total. The number of aliphatic hydroxyl groups excluding tert-OH is 1. The van der Waals surface area contributed by atoms with Gasteiger partial charge in [0.1, 0.15) is 17.4 Å². The van der Waals surface area contributed by atoms with Crippen molar-refractivity contribution in [2.75, 3.05) is 27.3 Å². The van der Waals surface area contributed by atoms with Crippen molar-refractivity contribution < 1.29 is 23.9 Å². The van der Waals surface area contributed by atoms with Crippen LogP contribution >= 0.6 is 0 Å². The number of amides is 1. The van der Waals surface area contributed by atoms with Gasteiger partial charge in [0.05, 0.1) is 14.2 Å². The second-order valence-corrected chi connectivity index (χ2v) is 6.02. The van der Waals surface area contributed by atoms with Gasteiger partial charge in [-0.1, -0.05) is 5.16 Å². The average Bonchev–Trinajstić information content (AvgIpc) is 3.30. The van der Waals surface area contributed by atoms with Crippen molar-refractivity contribution in [1.82, 2.24) is 10.1 Å². The maximum absolute atomic E-state index is 13.0. The van der Waals surface area contributed by atoms with Gasteiger partial charge in [-0.25, -0.2) is 0 Å². The molecule has 0 bridgehead atoms. The molecule has 25 heavy (non-hydrogen) atoms. The number of methoxy groups -OCH3 is 2. The van der Waals surface area contributed by atoms with Crippen LogP contribution in [0.25, 0.3) is 11.3 Å². The Bertz CT molecular complexity index is 763. The Kier molecular flexibility index (Phi) is 4.94. The highest BCUT2D eigenvalue weighted by Gasteiger charge is 2.31. The van der Waals surface area contributed by atoms with Gasteiger partial charge >= 0.3 is 0 Å². The number of likely N-dealkylation sites (tertiary alicyclic amines) is 1. The second-order valence-electron chi connectivity index (χ2n) is 6.02. The standard InChI is InChI=1S/C18H22N2O5/c1-11(21)17-15(18(22)20-8-4-5-9-20)16(19-25-17)12-6-7-13(23-2)14(10-12)24-3/h6-7,10-11,21H,4-5,8-9H2,1-3H3/t11-/m0/s1. The molecule has 2 aromatic rings. The topological polar surface area (TPSA) is 85.0 Å². The van der Waals surface area contributed by atoms with Gasteiger partial charge in [-0.15, -0.1) is 0 Å². The van der Waals surface area contributed by atoms with E-state index in [2.05, 4.69) is 5.16 Å². The summed E-state index contributed by atoms with van der Waals surface area (Å²) in [6, 6.07) is 5.27. The molecule has 134 valence electrons. The Morgan fingerprint density at radius 2 is 1.92 bits per heavy atom. The lowest BCUT2D eigenvalue weighted by atomic mass is 10.0. The molecule has 1 amide bonds. The van der Waals surface area contributed by atoms with E-state index in [0.717, 1.165) is 12.8 Å². The number of nitrogens with zero attached hydrogens (tertiary/aromatic N) is 2. The first-order chi connectivity index (χ1) is 12.1. The van der Waals surface area contributed by atoms with Crippen molar-refractivity contribution >= 4 is 5.91 Å². The second kappa shape index (κ2) is 7.14. The fourth-order valence-corrected chi connectivity index (χ4v) is 3.05. The Hall–Kier alpha value is -2.54.